The molecule has 20 heavy (non-hydrogen) atoms. The van der Waals surface area contributed by atoms with Crippen molar-refractivity contribution in [2.24, 2.45) is 0 Å². The number of benzene rings is 2. The van der Waals surface area contributed by atoms with Crippen LogP contribution in [0.4, 0.5) is 0 Å². The second-order valence-electron chi connectivity index (χ2n) is 4.36. The Kier molecular flexibility index (Phi) is 6.24. The maximum atomic E-state index is 10.1. The molecule has 0 fully saturated rings. The molecule has 0 heterocycles. The standard InChI is InChI=1S/C15H13BrCl2OS/c16-11-2-5-14(6-3-11)20-9-13(19)7-10-1-4-12(17)8-15(10)18/h1-6,8,13,19H,7,9H2. The first-order valence-electron chi connectivity index (χ1n) is 6.05. The molecule has 106 valence electrons. The summed E-state index contributed by atoms with van der Waals surface area (Å²) in [6.45, 7) is 0. The molecule has 0 aliphatic heterocycles. The summed E-state index contributed by atoms with van der Waals surface area (Å²) in [4.78, 5) is 1.13. The fourth-order valence-corrected chi connectivity index (χ4v) is 3.30. The third-order valence-electron chi connectivity index (χ3n) is 2.73. The lowest BCUT2D eigenvalue weighted by Crippen LogP contribution is -2.13. The summed E-state index contributed by atoms with van der Waals surface area (Å²) in [5, 5.41) is 11.3. The van der Waals surface area contributed by atoms with Gasteiger partial charge in [-0.1, -0.05) is 45.2 Å². The fraction of sp³-hybridized carbons (Fsp3) is 0.200. The van der Waals surface area contributed by atoms with Crippen molar-refractivity contribution in [2.75, 3.05) is 5.75 Å². The van der Waals surface area contributed by atoms with Crippen LogP contribution < -0.4 is 0 Å². The van der Waals surface area contributed by atoms with Gasteiger partial charge in [0.25, 0.3) is 0 Å². The van der Waals surface area contributed by atoms with Crippen molar-refractivity contribution in [3.05, 3.63) is 62.5 Å². The Morgan fingerprint density at radius 2 is 1.80 bits per heavy atom. The molecule has 0 amide bonds. The molecule has 1 atom stereocenters. The first kappa shape index (κ1) is 16.2. The van der Waals surface area contributed by atoms with E-state index >= 15 is 0 Å². The van der Waals surface area contributed by atoms with Crippen LogP contribution in [0.15, 0.2) is 51.8 Å². The quantitative estimate of drug-likeness (QED) is 0.683. The summed E-state index contributed by atoms with van der Waals surface area (Å²) < 4.78 is 1.05. The molecule has 0 bridgehead atoms. The molecule has 1 unspecified atom stereocenters. The van der Waals surface area contributed by atoms with Gasteiger partial charge in [0, 0.05) is 31.6 Å². The van der Waals surface area contributed by atoms with Crippen LogP contribution in [0.25, 0.3) is 0 Å². The second kappa shape index (κ2) is 7.71. The molecule has 2 rings (SSSR count). The zero-order valence-electron chi connectivity index (χ0n) is 10.5. The van der Waals surface area contributed by atoms with Gasteiger partial charge >= 0.3 is 0 Å². The maximum Gasteiger partial charge on any atom is 0.0674 e. The molecule has 1 nitrogen and oxygen atoms in total. The number of hydrogen-bond acceptors (Lipinski definition) is 2. The predicted molar refractivity (Wildman–Crippen MR) is 91.0 cm³/mol. The second-order valence-corrected chi connectivity index (χ2v) is 7.21. The van der Waals surface area contributed by atoms with Gasteiger partial charge < -0.3 is 5.11 Å². The van der Waals surface area contributed by atoms with E-state index in [0.29, 0.717) is 22.2 Å². The Bertz CT molecular complexity index is 575. The minimum atomic E-state index is -0.442. The van der Waals surface area contributed by atoms with E-state index in [1.807, 2.05) is 30.3 Å². The lowest BCUT2D eigenvalue weighted by molar-refractivity contribution is 0.200. The molecule has 1 N–H and O–H groups in total. The average molecular weight is 392 g/mol. The number of hydrogen-bond donors (Lipinski definition) is 1. The van der Waals surface area contributed by atoms with Gasteiger partial charge in [-0.15, -0.1) is 11.8 Å². The van der Waals surface area contributed by atoms with Crippen LogP contribution in [-0.4, -0.2) is 17.0 Å². The van der Waals surface area contributed by atoms with E-state index in [1.165, 1.54) is 0 Å². The lowest BCUT2D eigenvalue weighted by atomic mass is 10.1. The SMILES string of the molecule is OC(CSc1ccc(Br)cc1)Cc1ccc(Cl)cc1Cl. The van der Waals surface area contributed by atoms with E-state index in [1.54, 1.807) is 23.9 Å². The Hall–Kier alpha value is -0.190. The molecule has 0 saturated carbocycles. The van der Waals surface area contributed by atoms with Gasteiger partial charge in [0.15, 0.2) is 0 Å². The highest BCUT2D eigenvalue weighted by Crippen LogP contribution is 2.25. The smallest absolute Gasteiger partial charge is 0.0674 e. The van der Waals surface area contributed by atoms with Gasteiger partial charge in [0.2, 0.25) is 0 Å². The maximum absolute atomic E-state index is 10.1. The van der Waals surface area contributed by atoms with Crippen molar-refractivity contribution in [2.45, 2.75) is 17.4 Å². The van der Waals surface area contributed by atoms with Gasteiger partial charge in [-0.05, 0) is 42.0 Å². The molecule has 0 aliphatic rings. The first-order chi connectivity index (χ1) is 9.54. The number of thioether (sulfide) groups is 1. The number of halogens is 3. The van der Waals surface area contributed by atoms with Crippen molar-refractivity contribution in [1.82, 2.24) is 0 Å². The molecule has 0 aliphatic carbocycles. The summed E-state index contributed by atoms with van der Waals surface area (Å²) in [7, 11) is 0. The number of aliphatic hydroxyl groups is 1. The highest BCUT2D eigenvalue weighted by molar-refractivity contribution is 9.10. The fourth-order valence-electron chi connectivity index (χ4n) is 1.72. The van der Waals surface area contributed by atoms with Gasteiger partial charge in [0.1, 0.15) is 0 Å². The molecule has 2 aromatic carbocycles. The minimum Gasteiger partial charge on any atom is -0.392 e. The lowest BCUT2D eigenvalue weighted by Gasteiger charge is -2.12. The Morgan fingerprint density at radius 1 is 1.10 bits per heavy atom. The molecule has 2 aromatic rings. The first-order valence-corrected chi connectivity index (χ1v) is 8.58. The van der Waals surface area contributed by atoms with Crippen LogP contribution in [0, 0.1) is 0 Å². The molecular weight excluding hydrogens is 379 g/mol. The molecular formula is C15H13BrCl2OS. The highest BCUT2D eigenvalue weighted by Gasteiger charge is 2.09. The van der Waals surface area contributed by atoms with Crippen LogP contribution in [0.1, 0.15) is 5.56 Å². The summed E-state index contributed by atoms with van der Waals surface area (Å²) in [5.41, 5.74) is 0.917. The van der Waals surface area contributed by atoms with Crippen LogP contribution in [0.2, 0.25) is 10.0 Å². The summed E-state index contributed by atoms with van der Waals surface area (Å²) >= 11 is 17.0. The van der Waals surface area contributed by atoms with Crippen LogP contribution in [-0.2, 0) is 6.42 Å². The van der Waals surface area contributed by atoms with Crippen molar-refractivity contribution in [1.29, 1.82) is 0 Å². The van der Waals surface area contributed by atoms with Gasteiger partial charge in [0.05, 0.1) is 6.10 Å². The predicted octanol–water partition coefficient (Wildman–Crippen LogP) is 5.45. The Balaban J connectivity index is 1.89. The number of aliphatic hydroxyl groups excluding tert-OH is 1. The summed E-state index contributed by atoms with van der Waals surface area (Å²) in [6, 6.07) is 13.4. The van der Waals surface area contributed by atoms with Gasteiger partial charge in [-0.25, -0.2) is 0 Å². The zero-order valence-corrected chi connectivity index (χ0v) is 14.4. The average Bonchev–Trinajstić information content (AvgIpc) is 2.41. The molecule has 0 spiro atoms. The molecule has 0 aromatic heterocycles. The van der Waals surface area contributed by atoms with E-state index in [-0.39, 0.29) is 0 Å². The van der Waals surface area contributed by atoms with Crippen molar-refractivity contribution in [3.63, 3.8) is 0 Å². The van der Waals surface area contributed by atoms with E-state index in [4.69, 9.17) is 23.2 Å². The van der Waals surface area contributed by atoms with Gasteiger partial charge in [-0.2, -0.15) is 0 Å². The van der Waals surface area contributed by atoms with E-state index in [0.717, 1.165) is 14.9 Å². The van der Waals surface area contributed by atoms with Crippen LogP contribution in [0.5, 0.6) is 0 Å². The largest absolute Gasteiger partial charge is 0.392 e. The van der Waals surface area contributed by atoms with Gasteiger partial charge in [-0.3, -0.25) is 0 Å². The van der Waals surface area contributed by atoms with Crippen molar-refractivity contribution >= 4 is 50.9 Å². The number of rotatable bonds is 5. The topological polar surface area (TPSA) is 20.2 Å². The Labute approximate surface area is 141 Å². The summed E-state index contributed by atoms with van der Waals surface area (Å²) in [5.74, 6) is 0.626. The Morgan fingerprint density at radius 3 is 2.45 bits per heavy atom. The normalized spacial score (nSPS) is 12.4. The van der Waals surface area contributed by atoms with E-state index in [9.17, 15) is 5.11 Å². The van der Waals surface area contributed by atoms with Crippen LogP contribution >= 0.6 is 50.9 Å². The molecule has 5 heteroatoms. The van der Waals surface area contributed by atoms with E-state index in [2.05, 4.69) is 15.9 Å². The zero-order chi connectivity index (χ0) is 14.5. The third kappa shape index (κ3) is 4.97. The van der Waals surface area contributed by atoms with E-state index < -0.39 is 6.10 Å². The summed E-state index contributed by atoms with van der Waals surface area (Å²) in [6.07, 6.45) is 0.0850. The monoisotopic (exact) mass is 390 g/mol. The minimum absolute atomic E-state index is 0.442. The molecule has 0 radical (unpaired) electrons. The molecule has 0 saturated heterocycles. The highest BCUT2D eigenvalue weighted by atomic mass is 79.9. The van der Waals surface area contributed by atoms with Crippen molar-refractivity contribution < 1.29 is 5.11 Å². The van der Waals surface area contributed by atoms with Crippen LogP contribution in [0.3, 0.4) is 0 Å². The third-order valence-corrected chi connectivity index (χ3v) is 5.00. The van der Waals surface area contributed by atoms with Crippen molar-refractivity contribution in [3.8, 4) is 0 Å².